The molecule has 0 amide bonds. The summed E-state index contributed by atoms with van der Waals surface area (Å²) in [5.41, 5.74) is 0.344. The highest BCUT2D eigenvalue weighted by Gasteiger charge is 2.10. The number of halogens is 2. The highest BCUT2D eigenvalue weighted by molar-refractivity contribution is 5.92. The molecule has 3 rings (SSSR count). The van der Waals surface area contributed by atoms with Crippen LogP contribution in [0.2, 0.25) is 0 Å². The van der Waals surface area contributed by atoms with E-state index in [4.69, 9.17) is 9.47 Å². The van der Waals surface area contributed by atoms with E-state index in [0.29, 0.717) is 28.7 Å². The number of benzene rings is 3. The van der Waals surface area contributed by atoms with Crippen molar-refractivity contribution >= 4 is 16.7 Å². The van der Waals surface area contributed by atoms with Crippen molar-refractivity contribution in [2.75, 3.05) is 6.61 Å². The van der Waals surface area contributed by atoms with Crippen LogP contribution in [-0.2, 0) is 0 Å². The van der Waals surface area contributed by atoms with Gasteiger partial charge in [-0.3, -0.25) is 0 Å². The van der Waals surface area contributed by atoms with Gasteiger partial charge in [-0.25, -0.2) is 13.6 Å². The Morgan fingerprint density at radius 2 is 1.56 bits per heavy atom. The van der Waals surface area contributed by atoms with Crippen LogP contribution in [0.3, 0.4) is 0 Å². The third kappa shape index (κ3) is 3.83. The Balaban J connectivity index is 1.77. The zero-order chi connectivity index (χ0) is 17.8. The molecule has 0 radical (unpaired) electrons. The average Bonchev–Trinajstić information content (AvgIpc) is 2.61. The fourth-order valence-corrected chi connectivity index (χ4v) is 2.29. The number of ether oxygens (including phenoxy) is 2. The van der Waals surface area contributed by atoms with Crippen LogP contribution >= 0.6 is 0 Å². The summed E-state index contributed by atoms with van der Waals surface area (Å²) in [6.45, 7) is 3.93. The zero-order valence-electron chi connectivity index (χ0n) is 13.2. The van der Waals surface area contributed by atoms with Gasteiger partial charge >= 0.3 is 5.97 Å². The lowest BCUT2D eigenvalue weighted by atomic mass is 10.1. The van der Waals surface area contributed by atoms with Crippen molar-refractivity contribution in [3.63, 3.8) is 0 Å². The molecule has 0 saturated carbocycles. The van der Waals surface area contributed by atoms with E-state index in [0.717, 1.165) is 12.1 Å². The smallest absolute Gasteiger partial charge is 0.343 e. The molecule has 0 aliphatic carbocycles. The largest absolute Gasteiger partial charge is 0.490 e. The van der Waals surface area contributed by atoms with Crippen molar-refractivity contribution < 1.29 is 23.0 Å². The van der Waals surface area contributed by atoms with Gasteiger partial charge in [-0.15, -0.1) is 0 Å². The van der Waals surface area contributed by atoms with Gasteiger partial charge in [0.2, 0.25) is 0 Å². The van der Waals surface area contributed by atoms with Crippen molar-refractivity contribution in [3.05, 3.63) is 84.5 Å². The van der Waals surface area contributed by atoms with Crippen LogP contribution in [0.25, 0.3) is 10.8 Å². The van der Waals surface area contributed by atoms with Crippen molar-refractivity contribution in [2.24, 2.45) is 0 Å². The molecule has 0 bridgehead atoms. The normalized spacial score (nSPS) is 10.5. The molecule has 0 N–H and O–H groups in total. The van der Waals surface area contributed by atoms with Crippen LogP contribution in [-0.4, -0.2) is 12.6 Å². The summed E-state index contributed by atoms with van der Waals surface area (Å²) in [6.07, 6.45) is 1.62. The summed E-state index contributed by atoms with van der Waals surface area (Å²) in [5.74, 6) is -1.57. The molecule has 0 unspecified atom stereocenters. The summed E-state index contributed by atoms with van der Waals surface area (Å²) in [7, 11) is 0. The van der Waals surface area contributed by atoms with Gasteiger partial charge in [0.15, 0.2) is 11.6 Å². The van der Waals surface area contributed by atoms with Gasteiger partial charge in [0.25, 0.3) is 0 Å². The third-order valence-electron chi connectivity index (χ3n) is 3.52. The summed E-state index contributed by atoms with van der Waals surface area (Å²) in [4.78, 5) is 12.2. The quantitative estimate of drug-likeness (QED) is 0.376. The highest BCUT2D eigenvalue weighted by atomic mass is 19.2. The summed E-state index contributed by atoms with van der Waals surface area (Å²) in [6, 6.07) is 13.2. The maximum Gasteiger partial charge on any atom is 0.343 e. The summed E-state index contributed by atoms with van der Waals surface area (Å²) >= 11 is 0. The van der Waals surface area contributed by atoms with Crippen LogP contribution in [0.4, 0.5) is 8.78 Å². The van der Waals surface area contributed by atoms with E-state index in [-0.39, 0.29) is 5.75 Å². The van der Waals surface area contributed by atoms with E-state index in [2.05, 4.69) is 6.58 Å². The first-order valence-electron chi connectivity index (χ1n) is 7.51. The summed E-state index contributed by atoms with van der Waals surface area (Å²) in [5, 5.41) is 0.958. The molecule has 126 valence electrons. The first-order chi connectivity index (χ1) is 12.1. The van der Waals surface area contributed by atoms with Gasteiger partial charge in [-0.05, 0) is 59.3 Å². The number of hydrogen-bond donors (Lipinski definition) is 0. The zero-order valence-corrected chi connectivity index (χ0v) is 13.2. The predicted octanol–water partition coefficient (Wildman–Crippen LogP) is 4.90. The second-order valence-electron chi connectivity index (χ2n) is 5.29. The minimum absolute atomic E-state index is 0.246. The topological polar surface area (TPSA) is 35.5 Å². The molecule has 0 aliphatic rings. The Labute approximate surface area is 143 Å². The van der Waals surface area contributed by atoms with Crippen molar-refractivity contribution in [2.45, 2.75) is 0 Å². The van der Waals surface area contributed by atoms with Gasteiger partial charge < -0.3 is 9.47 Å². The molecule has 0 aliphatic heterocycles. The first kappa shape index (κ1) is 16.6. The minimum atomic E-state index is -0.953. The van der Waals surface area contributed by atoms with Crippen LogP contribution in [0, 0.1) is 11.6 Å². The number of carbonyl (C=O) groups is 1. The van der Waals surface area contributed by atoms with E-state index in [9.17, 15) is 13.6 Å². The Morgan fingerprint density at radius 3 is 2.24 bits per heavy atom. The second-order valence-corrected chi connectivity index (χ2v) is 5.29. The number of rotatable bonds is 5. The van der Waals surface area contributed by atoms with Crippen LogP contribution in [0.5, 0.6) is 11.5 Å². The van der Waals surface area contributed by atoms with Gasteiger partial charge in [-0.1, -0.05) is 18.7 Å². The molecule has 25 heavy (non-hydrogen) atoms. The SMILES string of the molecule is C=CCOc1ccc(C(=O)Oc2ccc3cc(F)c(F)cc3c2)cc1. The molecule has 3 aromatic rings. The maximum atomic E-state index is 13.3. The number of hydrogen-bond acceptors (Lipinski definition) is 3. The Kier molecular flexibility index (Phi) is 4.75. The monoisotopic (exact) mass is 340 g/mol. The Hall–Kier alpha value is -3.21. The first-order valence-corrected chi connectivity index (χ1v) is 7.51. The fraction of sp³-hybridized carbons (Fsp3) is 0.0500. The van der Waals surface area contributed by atoms with Crippen molar-refractivity contribution in [1.29, 1.82) is 0 Å². The van der Waals surface area contributed by atoms with Gasteiger partial charge in [0, 0.05) is 0 Å². The fourth-order valence-electron chi connectivity index (χ4n) is 2.29. The summed E-state index contributed by atoms with van der Waals surface area (Å²) < 4.78 is 37.2. The maximum absolute atomic E-state index is 13.3. The second kappa shape index (κ2) is 7.13. The number of fused-ring (bicyclic) bond motifs is 1. The van der Waals surface area contributed by atoms with E-state index < -0.39 is 17.6 Å². The van der Waals surface area contributed by atoms with E-state index in [1.165, 1.54) is 12.1 Å². The van der Waals surface area contributed by atoms with Gasteiger partial charge in [-0.2, -0.15) is 0 Å². The Bertz CT molecular complexity index is 934. The molecule has 3 nitrogen and oxygen atoms in total. The van der Waals surface area contributed by atoms with Crippen LogP contribution in [0.1, 0.15) is 10.4 Å². The number of carbonyl (C=O) groups excluding carboxylic acids is 1. The lowest BCUT2D eigenvalue weighted by Gasteiger charge is -2.07. The highest BCUT2D eigenvalue weighted by Crippen LogP contribution is 2.24. The lowest BCUT2D eigenvalue weighted by Crippen LogP contribution is -2.08. The molecule has 0 aromatic heterocycles. The standard InChI is InChI=1S/C20H14F2O3/c1-2-9-24-16-6-3-13(4-7-16)20(23)25-17-8-5-14-11-18(21)19(22)12-15(14)10-17/h2-8,10-12H,1,9H2. The lowest BCUT2D eigenvalue weighted by molar-refractivity contribution is 0.0735. The molecule has 0 saturated heterocycles. The molecular weight excluding hydrogens is 326 g/mol. The van der Waals surface area contributed by atoms with Crippen LogP contribution < -0.4 is 9.47 Å². The molecule has 0 atom stereocenters. The predicted molar refractivity (Wildman–Crippen MR) is 91.0 cm³/mol. The van der Waals surface area contributed by atoms with Crippen molar-refractivity contribution in [3.8, 4) is 11.5 Å². The molecule has 3 aromatic carbocycles. The van der Waals surface area contributed by atoms with Crippen molar-refractivity contribution in [1.82, 2.24) is 0 Å². The third-order valence-corrected chi connectivity index (χ3v) is 3.52. The van der Waals surface area contributed by atoms with E-state index in [1.807, 2.05) is 0 Å². The minimum Gasteiger partial charge on any atom is -0.490 e. The Morgan fingerprint density at radius 1 is 0.920 bits per heavy atom. The average molecular weight is 340 g/mol. The van der Waals surface area contributed by atoms with E-state index >= 15 is 0 Å². The van der Waals surface area contributed by atoms with Gasteiger partial charge in [0.1, 0.15) is 18.1 Å². The number of esters is 1. The molecule has 0 fully saturated rings. The molecular formula is C20H14F2O3. The van der Waals surface area contributed by atoms with Crippen LogP contribution in [0.15, 0.2) is 67.3 Å². The molecule has 5 heteroatoms. The van der Waals surface area contributed by atoms with Gasteiger partial charge in [0.05, 0.1) is 5.56 Å². The van der Waals surface area contributed by atoms with E-state index in [1.54, 1.807) is 36.4 Å². The molecule has 0 spiro atoms. The molecule has 0 heterocycles.